The van der Waals surface area contributed by atoms with Gasteiger partial charge < -0.3 is 25.0 Å². The van der Waals surface area contributed by atoms with E-state index in [1.807, 2.05) is 39.0 Å². The summed E-state index contributed by atoms with van der Waals surface area (Å²) in [7, 11) is 1.76. The van der Waals surface area contributed by atoms with Crippen LogP contribution in [0.1, 0.15) is 38.7 Å². The maximum atomic E-state index is 12.0. The SMILES string of the molecule is CN=C(NCC1CCOc2ccccc21)NC1CN(C(=O)OC(C)(C)C)C1. The quantitative estimate of drug-likeness (QED) is 0.627. The summed E-state index contributed by atoms with van der Waals surface area (Å²) in [5.74, 6) is 2.13. The van der Waals surface area contributed by atoms with Gasteiger partial charge in [-0.15, -0.1) is 0 Å². The lowest BCUT2D eigenvalue weighted by Gasteiger charge is -2.40. The summed E-state index contributed by atoms with van der Waals surface area (Å²) in [4.78, 5) is 18.0. The van der Waals surface area contributed by atoms with Crippen molar-refractivity contribution in [2.24, 2.45) is 4.99 Å². The smallest absolute Gasteiger partial charge is 0.410 e. The Labute approximate surface area is 161 Å². The highest BCUT2D eigenvalue weighted by molar-refractivity contribution is 5.80. The number of hydrogen-bond donors (Lipinski definition) is 2. The number of aliphatic imine (C=N–C) groups is 1. The van der Waals surface area contributed by atoms with Crippen LogP contribution in [0.3, 0.4) is 0 Å². The van der Waals surface area contributed by atoms with E-state index in [1.54, 1.807) is 11.9 Å². The first-order valence-electron chi connectivity index (χ1n) is 9.52. The maximum absolute atomic E-state index is 12.0. The van der Waals surface area contributed by atoms with Crippen molar-refractivity contribution < 1.29 is 14.3 Å². The van der Waals surface area contributed by atoms with Crippen molar-refractivity contribution in [1.82, 2.24) is 15.5 Å². The Morgan fingerprint density at radius 1 is 1.33 bits per heavy atom. The van der Waals surface area contributed by atoms with E-state index in [1.165, 1.54) is 5.56 Å². The van der Waals surface area contributed by atoms with E-state index in [0.717, 1.165) is 31.3 Å². The van der Waals surface area contributed by atoms with Crippen LogP contribution in [-0.4, -0.2) is 61.9 Å². The minimum Gasteiger partial charge on any atom is -0.493 e. The van der Waals surface area contributed by atoms with Crippen molar-refractivity contribution in [3.8, 4) is 5.75 Å². The largest absolute Gasteiger partial charge is 0.493 e. The molecule has 1 unspecified atom stereocenters. The number of carbonyl (C=O) groups is 1. The minimum atomic E-state index is -0.465. The third-order valence-electron chi connectivity index (χ3n) is 4.70. The fourth-order valence-electron chi connectivity index (χ4n) is 3.28. The van der Waals surface area contributed by atoms with E-state index >= 15 is 0 Å². The van der Waals surface area contributed by atoms with Crippen LogP contribution >= 0.6 is 0 Å². The van der Waals surface area contributed by atoms with Crippen molar-refractivity contribution >= 4 is 12.1 Å². The Morgan fingerprint density at radius 3 is 2.78 bits per heavy atom. The summed E-state index contributed by atoms with van der Waals surface area (Å²) in [6, 6.07) is 8.39. The van der Waals surface area contributed by atoms with Crippen LogP contribution in [0.5, 0.6) is 5.75 Å². The molecule has 1 aromatic carbocycles. The van der Waals surface area contributed by atoms with Crippen LogP contribution in [0.4, 0.5) is 4.79 Å². The van der Waals surface area contributed by atoms with Gasteiger partial charge in [0.05, 0.1) is 12.6 Å². The van der Waals surface area contributed by atoms with Gasteiger partial charge in [0.25, 0.3) is 0 Å². The van der Waals surface area contributed by atoms with Crippen LogP contribution in [0.15, 0.2) is 29.3 Å². The van der Waals surface area contributed by atoms with E-state index in [2.05, 4.69) is 21.7 Å². The number of amides is 1. The maximum Gasteiger partial charge on any atom is 0.410 e. The van der Waals surface area contributed by atoms with Crippen molar-refractivity contribution in [3.63, 3.8) is 0 Å². The molecular formula is C20H30N4O3. The molecule has 1 fully saturated rings. The summed E-state index contributed by atoms with van der Waals surface area (Å²) in [5, 5.41) is 6.78. The molecule has 0 radical (unpaired) electrons. The molecule has 7 heteroatoms. The zero-order valence-corrected chi connectivity index (χ0v) is 16.6. The molecule has 27 heavy (non-hydrogen) atoms. The Hall–Kier alpha value is -2.44. The van der Waals surface area contributed by atoms with Crippen molar-refractivity contribution in [2.45, 2.75) is 44.8 Å². The van der Waals surface area contributed by atoms with Gasteiger partial charge in [-0.2, -0.15) is 0 Å². The second kappa shape index (κ2) is 8.06. The number of para-hydroxylation sites is 1. The Bertz CT molecular complexity index is 693. The van der Waals surface area contributed by atoms with Gasteiger partial charge >= 0.3 is 6.09 Å². The average molecular weight is 374 g/mol. The van der Waals surface area contributed by atoms with Gasteiger partial charge in [0.1, 0.15) is 11.4 Å². The molecule has 0 bridgehead atoms. The first-order chi connectivity index (χ1) is 12.9. The highest BCUT2D eigenvalue weighted by atomic mass is 16.6. The third kappa shape index (κ3) is 5.05. The van der Waals surface area contributed by atoms with E-state index in [4.69, 9.17) is 9.47 Å². The van der Waals surface area contributed by atoms with E-state index in [9.17, 15) is 4.79 Å². The summed E-state index contributed by atoms with van der Waals surface area (Å²) in [5.41, 5.74) is 0.777. The highest BCUT2D eigenvalue weighted by Gasteiger charge is 2.34. The van der Waals surface area contributed by atoms with Crippen LogP contribution < -0.4 is 15.4 Å². The predicted molar refractivity (Wildman–Crippen MR) is 105 cm³/mol. The fourth-order valence-corrected chi connectivity index (χ4v) is 3.28. The van der Waals surface area contributed by atoms with Gasteiger partial charge in [0.15, 0.2) is 5.96 Å². The molecule has 0 aromatic heterocycles. The molecule has 1 saturated heterocycles. The molecule has 2 heterocycles. The molecule has 3 rings (SSSR count). The second-order valence-electron chi connectivity index (χ2n) is 8.05. The number of fused-ring (bicyclic) bond motifs is 1. The normalized spacial score (nSPS) is 20.2. The summed E-state index contributed by atoms with van der Waals surface area (Å²) >= 11 is 0. The topological polar surface area (TPSA) is 75.2 Å². The van der Waals surface area contributed by atoms with Gasteiger partial charge in [-0.25, -0.2) is 4.79 Å². The number of benzene rings is 1. The highest BCUT2D eigenvalue weighted by Crippen LogP contribution is 2.32. The van der Waals surface area contributed by atoms with Gasteiger partial charge in [0, 0.05) is 32.6 Å². The van der Waals surface area contributed by atoms with Crippen LogP contribution in [0.25, 0.3) is 0 Å². The number of nitrogens with one attached hydrogen (secondary N) is 2. The second-order valence-corrected chi connectivity index (χ2v) is 8.05. The first-order valence-corrected chi connectivity index (χ1v) is 9.52. The van der Waals surface area contributed by atoms with E-state index in [-0.39, 0.29) is 12.1 Å². The molecule has 0 saturated carbocycles. The molecule has 2 aliphatic rings. The monoisotopic (exact) mass is 374 g/mol. The molecule has 7 nitrogen and oxygen atoms in total. The lowest BCUT2D eigenvalue weighted by Crippen LogP contribution is -2.63. The lowest BCUT2D eigenvalue weighted by atomic mass is 9.93. The Morgan fingerprint density at radius 2 is 2.07 bits per heavy atom. The molecule has 1 amide bonds. The summed E-state index contributed by atoms with van der Waals surface area (Å²) in [6.07, 6.45) is 0.721. The molecule has 148 valence electrons. The van der Waals surface area contributed by atoms with Crippen LogP contribution in [0, 0.1) is 0 Å². The van der Waals surface area contributed by atoms with E-state index < -0.39 is 5.60 Å². The van der Waals surface area contributed by atoms with Gasteiger partial charge in [0.2, 0.25) is 0 Å². The zero-order valence-electron chi connectivity index (χ0n) is 16.6. The standard InChI is InChI=1S/C20H30N4O3/c1-20(2,3)27-19(25)24-12-15(13-24)23-18(21-4)22-11-14-9-10-26-17-8-6-5-7-16(14)17/h5-8,14-15H,9-13H2,1-4H3,(H2,21,22,23). The number of guanidine groups is 1. The van der Waals surface area contributed by atoms with Crippen molar-refractivity contribution in [1.29, 1.82) is 0 Å². The van der Waals surface area contributed by atoms with Crippen molar-refractivity contribution in [3.05, 3.63) is 29.8 Å². The zero-order chi connectivity index (χ0) is 19.4. The number of likely N-dealkylation sites (tertiary alicyclic amines) is 1. The molecule has 2 N–H and O–H groups in total. The van der Waals surface area contributed by atoms with Crippen LogP contribution in [0.2, 0.25) is 0 Å². The molecule has 1 atom stereocenters. The molecule has 2 aliphatic heterocycles. The molecule has 1 aromatic rings. The number of carbonyl (C=O) groups excluding carboxylic acids is 1. The summed E-state index contributed by atoms with van der Waals surface area (Å²) < 4.78 is 11.1. The van der Waals surface area contributed by atoms with E-state index in [0.29, 0.717) is 19.0 Å². The molecule has 0 spiro atoms. The predicted octanol–water partition coefficient (Wildman–Crippen LogP) is 2.34. The Balaban J connectivity index is 1.45. The number of nitrogens with zero attached hydrogens (tertiary/aromatic N) is 2. The first kappa shape index (κ1) is 19.3. The van der Waals surface area contributed by atoms with Gasteiger partial charge in [-0.3, -0.25) is 4.99 Å². The number of ether oxygens (including phenoxy) is 2. The summed E-state index contributed by atoms with van der Waals surface area (Å²) in [6.45, 7) is 8.40. The average Bonchev–Trinajstić information content (AvgIpc) is 2.58. The lowest BCUT2D eigenvalue weighted by molar-refractivity contribution is 0.00701. The fraction of sp³-hybridized carbons (Fsp3) is 0.600. The van der Waals surface area contributed by atoms with Crippen molar-refractivity contribution in [2.75, 3.05) is 33.3 Å². The molecular weight excluding hydrogens is 344 g/mol. The number of hydrogen-bond acceptors (Lipinski definition) is 4. The number of rotatable bonds is 3. The van der Waals surface area contributed by atoms with Gasteiger partial charge in [-0.05, 0) is 38.8 Å². The third-order valence-corrected chi connectivity index (χ3v) is 4.70. The van der Waals surface area contributed by atoms with Gasteiger partial charge in [-0.1, -0.05) is 18.2 Å². The Kier molecular flexibility index (Phi) is 5.77. The van der Waals surface area contributed by atoms with Crippen LogP contribution in [-0.2, 0) is 4.74 Å². The molecule has 0 aliphatic carbocycles. The minimum absolute atomic E-state index is 0.186.